The van der Waals surface area contributed by atoms with E-state index < -0.39 is 56.5 Å². The lowest BCUT2D eigenvalue weighted by atomic mass is 10.1. The molecule has 1 N–H and O–H groups in total. The summed E-state index contributed by atoms with van der Waals surface area (Å²) in [7, 11) is -4.45. The van der Waals surface area contributed by atoms with Gasteiger partial charge in [0.05, 0.1) is 16.5 Å². The van der Waals surface area contributed by atoms with Gasteiger partial charge in [0.1, 0.15) is 0 Å². The standard InChI is InChI=1S/C13H10ClF6N3O3S/c1-6(10-21-22-11(26-10)13(18,19)20)23-27(24,25)9-3-2-8(12(15,16)17)4-7(9)5-14/h2-4,6,23H,5H2,1H3. The summed E-state index contributed by atoms with van der Waals surface area (Å²) in [6.07, 6.45) is -9.62. The van der Waals surface area contributed by atoms with Crippen molar-refractivity contribution in [1.82, 2.24) is 14.9 Å². The van der Waals surface area contributed by atoms with Crippen molar-refractivity contribution in [3.8, 4) is 0 Å². The molecule has 0 fully saturated rings. The van der Waals surface area contributed by atoms with Crippen LogP contribution in [0.4, 0.5) is 26.3 Å². The SMILES string of the molecule is CC(NS(=O)(=O)c1ccc(C(F)(F)F)cc1CCl)c1nnc(C(F)(F)F)o1. The molecule has 0 saturated carbocycles. The van der Waals surface area contributed by atoms with Crippen molar-refractivity contribution >= 4 is 21.6 Å². The van der Waals surface area contributed by atoms with E-state index in [-0.39, 0.29) is 5.56 Å². The van der Waals surface area contributed by atoms with E-state index in [0.29, 0.717) is 18.2 Å². The van der Waals surface area contributed by atoms with Crippen LogP contribution < -0.4 is 4.72 Å². The first kappa shape index (κ1) is 21.4. The third-order valence-corrected chi connectivity index (χ3v) is 5.14. The highest BCUT2D eigenvalue weighted by atomic mass is 35.5. The lowest BCUT2D eigenvalue weighted by molar-refractivity contribution is -0.157. The Hall–Kier alpha value is -1.86. The number of rotatable bonds is 5. The highest BCUT2D eigenvalue weighted by molar-refractivity contribution is 7.89. The molecule has 2 rings (SSSR count). The lowest BCUT2D eigenvalue weighted by Crippen LogP contribution is -2.28. The van der Waals surface area contributed by atoms with Crippen molar-refractivity contribution < 1.29 is 39.2 Å². The lowest BCUT2D eigenvalue weighted by Gasteiger charge is -2.15. The number of aromatic nitrogens is 2. The summed E-state index contributed by atoms with van der Waals surface area (Å²) in [5.74, 6) is -2.89. The number of hydrogen-bond acceptors (Lipinski definition) is 5. The predicted octanol–water partition coefficient (Wildman–Crippen LogP) is 3.89. The van der Waals surface area contributed by atoms with Crippen LogP contribution in [0.2, 0.25) is 0 Å². The van der Waals surface area contributed by atoms with Gasteiger partial charge in [-0.05, 0) is 30.7 Å². The van der Waals surface area contributed by atoms with Gasteiger partial charge in [0.25, 0.3) is 0 Å². The molecule has 0 bridgehead atoms. The van der Waals surface area contributed by atoms with E-state index in [4.69, 9.17) is 11.6 Å². The molecule has 1 atom stereocenters. The van der Waals surface area contributed by atoms with E-state index >= 15 is 0 Å². The van der Waals surface area contributed by atoms with E-state index in [9.17, 15) is 34.8 Å². The molecule has 1 aromatic carbocycles. The van der Waals surface area contributed by atoms with Crippen LogP contribution in [0.1, 0.15) is 35.9 Å². The van der Waals surface area contributed by atoms with E-state index in [1.54, 1.807) is 0 Å². The third-order valence-electron chi connectivity index (χ3n) is 3.21. The van der Waals surface area contributed by atoms with Crippen LogP contribution in [0.15, 0.2) is 27.5 Å². The topological polar surface area (TPSA) is 85.1 Å². The average molecular weight is 438 g/mol. The Morgan fingerprint density at radius 1 is 1.15 bits per heavy atom. The molecule has 2 aromatic rings. The normalized spacial score (nSPS) is 14.4. The van der Waals surface area contributed by atoms with Crippen molar-refractivity contribution in [2.75, 3.05) is 0 Å². The maximum absolute atomic E-state index is 12.7. The molecule has 27 heavy (non-hydrogen) atoms. The highest BCUT2D eigenvalue weighted by Crippen LogP contribution is 2.33. The summed E-state index contributed by atoms with van der Waals surface area (Å²) in [6, 6.07) is 0.429. The maximum Gasteiger partial charge on any atom is 0.470 e. The van der Waals surface area contributed by atoms with Crippen LogP contribution in [-0.2, 0) is 28.3 Å². The largest absolute Gasteiger partial charge is 0.470 e. The molecular weight excluding hydrogens is 428 g/mol. The molecule has 6 nitrogen and oxygen atoms in total. The molecule has 0 aliphatic carbocycles. The quantitative estimate of drug-likeness (QED) is 0.566. The van der Waals surface area contributed by atoms with Crippen molar-refractivity contribution in [1.29, 1.82) is 0 Å². The van der Waals surface area contributed by atoms with Crippen molar-refractivity contribution in [2.45, 2.75) is 36.1 Å². The Morgan fingerprint density at radius 3 is 2.26 bits per heavy atom. The fraction of sp³-hybridized carbons (Fsp3) is 0.385. The van der Waals surface area contributed by atoms with Gasteiger partial charge in [-0.25, -0.2) is 8.42 Å². The fourth-order valence-electron chi connectivity index (χ4n) is 1.99. The molecule has 1 heterocycles. The van der Waals surface area contributed by atoms with Gasteiger partial charge in [0, 0.05) is 5.88 Å². The fourth-order valence-corrected chi connectivity index (χ4v) is 3.71. The highest BCUT2D eigenvalue weighted by Gasteiger charge is 2.39. The van der Waals surface area contributed by atoms with Crippen LogP contribution in [-0.4, -0.2) is 18.6 Å². The van der Waals surface area contributed by atoms with Gasteiger partial charge in [-0.1, -0.05) is 0 Å². The van der Waals surface area contributed by atoms with Gasteiger partial charge < -0.3 is 4.42 Å². The molecule has 1 unspecified atom stereocenters. The van der Waals surface area contributed by atoms with E-state index in [1.165, 1.54) is 0 Å². The van der Waals surface area contributed by atoms with E-state index in [1.807, 2.05) is 4.72 Å². The van der Waals surface area contributed by atoms with Gasteiger partial charge in [0.15, 0.2) is 0 Å². The van der Waals surface area contributed by atoms with Crippen LogP contribution >= 0.6 is 11.6 Å². The molecule has 0 spiro atoms. The molecule has 150 valence electrons. The number of benzene rings is 1. The zero-order chi connectivity index (χ0) is 20.6. The first-order chi connectivity index (χ1) is 12.3. The minimum absolute atomic E-state index is 0.340. The number of nitrogens with zero attached hydrogens (tertiary/aromatic N) is 2. The Labute approximate surface area is 153 Å². The number of alkyl halides is 7. The first-order valence-corrected chi connectivity index (χ1v) is 8.96. The predicted molar refractivity (Wildman–Crippen MR) is 79.0 cm³/mol. The van der Waals surface area contributed by atoms with Crippen LogP contribution in [0.25, 0.3) is 0 Å². The molecule has 0 saturated heterocycles. The minimum Gasteiger partial charge on any atom is -0.416 e. The van der Waals surface area contributed by atoms with Crippen molar-refractivity contribution in [3.05, 3.63) is 41.1 Å². The van der Waals surface area contributed by atoms with Gasteiger partial charge in [-0.3, -0.25) is 0 Å². The molecule has 0 radical (unpaired) electrons. The Kier molecular flexibility index (Phi) is 5.78. The molecule has 0 amide bonds. The zero-order valence-corrected chi connectivity index (χ0v) is 14.8. The monoisotopic (exact) mass is 437 g/mol. The molecular formula is C13H10ClF6N3O3S. The molecule has 0 aliphatic rings. The Morgan fingerprint density at radius 2 is 1.78 bits per heavy atom. The summed E-state index contributed by atoms with van der Waals surface area (Å²) in [5.41, 5.74) is -1.44. The summed E-state index contributed by atoms with van der Waals surface area (Å²) in [4.78, 5) is -0.562. The van der Waals surface area contributed by atoms with Crippen LogP contribution in [0.3, 0.4) is 0 Å². The van der Waals surface area contributed by atoms with Crippen LogP contribution in [0.5, 0.6) is 0 Å². The number of hydrogen-bond donors (Lipinski definition) is 1. The number of halogens is 7. The maximum atomic E-state index is 12.7. The first-order valence-electron chi connectivity index (χ1n) is 6.94. The van der Waals surface area contributed by atoms with Gasteiger partial charge in [-0.15, -0.1) is 21.8 Å². The molecule has 1 aromatic heterocycles. The van der Waals surface area contributed by atoms with Gasteiger partial charge in [0.2, 0.25) is 15.9 Å². The van der Waals surface area contributed by atoms with Gasteiger partial charge in [-0.2, -0.15) is 31.1 Å². The number of nitrogens with one attached hydrogen (secondary N) is 1. The Bertz CT molecular complexity index is 926. The Balaban J connectivity index is 2.32. The molecule has 14 heteroatoms. The third kappa shape index (κ3) is 4.90. The van der Waals surface area contributed by atoms with E-state index in [0.717, 1.165) is 6.92 Å². The second-order valence-electron chi connectivity index (χ2n) is 5.24. The molecule has 0 aliphatic heterocycles. The zero-order valence-electron chi connectivity index (χ0n) is 13.2. The number of sulfonamides is 1. The minimum atomic E-state index is -4.91. The average Bonchev–Trinajstić information content (AvgIpc) is 3.03. The van der Waals surface area contributed by atoms with Gasteiger partial charge >= 0.3 is 18.2 Å². The summed E-state index contributed by atoms with van der Waals surface area (Å²) in [6.45, 7) is 1.12. The summed E-state index contributed by atoms with van der Waals surface area (Å²) < 4.78 is 107. The summed E-state index contributed by atoms with van der Waals surface area (Å²) in [5, 5.41) is 5.87. The van der Waals surface area contributed by atoms with Crippen molar-refractivity contribution in [3.63, 3.8) is 0 Å². The van der Waals surface area contributed by atoms with Crippen LogP contribution in [0, 0.1) is 0 Å². The second kappa shape index (κ2) is 7.28. The van der Waals surface area contributed by atoms with E-state index in [2.05, 4.69) is 14.6 Å². The summed E-state index contributed by atoms with van der Waals surface area (Å²) >= 11 is 5.54. The second-order valence-corrected chi connectivity index (χ2v) is 7.19. The van der Waals surface area contributed by atoms with Crippen molar-refractivity contribution in [2.24, 2.45) is 0 Å². The smallest absolute Gasteiger partial charge is 0.416 e.